The fraction of sp³-hybridized carbons (Fsp3) is 0.419. The van der Waals surface area contributed by atoms with Crippen LogP contribution in [-0.4, -0.2) is 63.5 Å². The number of nitrogens with zero attached hydrogens (tertiary/aromatic N) is 3. The van der Waals surface area contributed by atoms with Crippen molar-refractivity contribution >= 4 is 21.4 Å². The molecule has 3 aromatic carbocycles. The van der Waals surface area contributed by atoms with Crippen molar-refractivity contribution in [3.05, 3.63) is 72.5 Å². The molecule has 0 spiro atoms. The molecule has 0 aliphatic carbocycles. The first-order chi connectivity index (χ1) is 18.6. The van der Waals surface area contributed by atoms with Crippen LogP contribution in [0.4, 0.5) is 15.8 Å². The molecule has 208 valence electrons. The molecule has 0 radical (unpaired) electrons. The summed E-state index contributed by atoms with van der Waals surface area (Å²) in [5.74, 6) is 0.603. The van der Waals surface area contributed by atoms with Gasteiger partial charge in [0.05, 0.1) is 5.69 Å². The summed E-state index contributed by atoms with van der Waals surface area (Å²) in [6, 6.07) is 19.5. The van der Waals surface area contributed by atoms with Gasteiger partial charge in [0, 0.05) is 50.0 Å². The Morgan fingerprint density at radius 3 is 2.28 bits per heavy atom. The molecule has 2 heterocycles. The summed E-state index contributed by atoms with van der Waals surface area (Å²) < 4.78 is 50.3. The minimum Gasteiger partial charge on any atom is -0.490 e. The van der Waals surface area contributed by atoms with Crippen molar-refractivity contribution in [1.29, 1.82) is 0 Å². The average Bonchev–Trinajstić information content (AvgIpc) is 2.99. The molecule has 0 saturated carbocycles. The molecule has 6 nitrogen and oxygen atoms in total. The number of fused-ring (bicyclic) bond motifs is 1. The first-order valence-electron chi connectivity index (χ1n) is 13.7. The molecule has 1 saturated heterocycles. The second-order valence-corrected chi connectivity index (χ2v) is 13.2. The van der Waals surface area contributed by atoms with Crippen LogP contribution in [0, 0.1) is 11.7 Å². The van der Waals surface area contributed by atoms with Gasteiger partial charge in [-0.3, -0.25) is 0 Å². The van der Waals surface area contributed by atoms with Crippen LogP contribution in [0.1, 0.15) is 33.1 Å². The lowest BCUT2D eigenvalue weighted by Crippen LogP contribution is -2.41. The number of para-hydroxylation sites is 1. The van der Waals surface area contributed by atoms with Gasteiger partial charge in [0.2, 0.25) is 10.0 Å². The monoisotopic (exact) mass is 551 g/mol. The Kier molecular flexibility index (Phi) is 7.99. The van der Waals surface area contributed by atoms with E-state index in [9.17, 15) is 12.8 Å². The van der Waals surface area contributed by atoms with E-state index in [1.165, 1.54) is 16.4 Å². The summed E-state index contributed by atoms with van der Waals surface area (Å²) in [4.78, 5) is 4.63. The lowest BCUT2D eigenvalue weighted by molar-refractivity contribution is 0.115. The molecule has 2 aliphatic heterocycles. The average molecular weight is 552 g/mol. The number of sulfonamides is 1. The van der Waals surface area contributed by atoms with E-state index < -0.39 is 10.0 Å². The number of likely N-dealkylation sites (tertiary alicyclic amines) is 1. The number of benzene rings is 3. The van der Waals surface area contributed by atoms with E-state index in [-0.39, 0.29) is 22.9 Å². The molecule has 5 rings (SSSR count). The van der Waals surface area contributed by atoms with Crippen molar-refractivity contribution in [2.75, 3.05) is 38.6 Å². The Morgan fingerprint density at radius 1 is 0.974 bits per heavy atom. The molecule has 1 atom stereocenters. The van der Waals surface area contributed by atoms with Gasteiger partial charge in [-0.05, 0) is 68.1 Å². The number of likely N-dealkylation sites (N-methyl/N-ethyl adjacent to an activating group) is 1. The fourth-order valence-corrected chi connectivity index (χ4v) is 7.15. The SMILES string of the molecule is CC(C)C[C@@H]1CN(c2ccccc2)c2cc(OC3CCN(C)CC3)c(-c3ccc(F)cc3)cc2S(=O)(=O)N1C. The summed E-state index contributed by atoms with van der Waals surface area (Å²) in [5.41, 5.74) is 2.90. The number of hydrogen-bond acceptors (Lipinski definition) is 5. The van der Waals surface area contributed by atoms with Gasteiger partial charge < -0.3 is 14.5 Å². The number of halogens is 1. The second-order valence-electron chi connectivity index (χ2n) is 11.2. The van der Waals surface area contributed by atoms with E-state index in [2.05, 4.69) is 30.7 Å². The first-order valence-corrected chi connectivity index (χ1v) is 15.2. The highest BCUT2D eigenvalue weighted by atomic mass is 32.2. The van der Waals surface area contributed by atoms with Gasteiger partial charge in [-0.15, -0.1) is 0 Å². The van der Waals surface area contributed by atoms with Gasteiger partial charge >= 0.3 is 0 Å². The summed E-state index contributed by atoms with van der Waals surface area (Å²) in [7, 11) is -0.0453. The molecule has 1 fully saturated rings. The van der Waals surface area contributed by atoms with Crippen molar-refractivity contribution in [1.82, 2.24) is 9.21 Å². The largest absolute Gasteiger partial charge is 0.490 e. The highest BCUT2D eigenvalue weighted by Gasteiger charge is 2.38. The summed E-state index contributed by atoms with van der Waals surface area (Å²) >= 11 is 0. The molecule has 3 aromatic rings. The molecule has 0 amide bonds. The lowest BCUT2D eigenvalue weighted by Gasteiger charge is -2.32. The highest BCUT2D eigenvalue weighted by molar-refractivity contribution is 7.89. The van der Waals surface area contributed by atoms with Crippen LogP contribution in [0.2, 0.25) is 0 Å². The van der Waals surface area contributed by atoms with Crippen LogP contribution in [-0.2, 0) is 10.0 Å². The second kappa shape index (κ2) is 11.3. The van der Waals surface area contributed by atoms with E-state index in [1.54, 1.807) is 25.2 Å². The standard InChI is InChI=1S/C31H38FN3O3S/c1-22(2)18-26-21-35(25-8-6-5-7-9-25)29-20-30(38-27-14-16-33(3)17-15-27)28(23-10-12-24(32)13-11-23)19-31(29)39(36,37)34(26)4/h5-13,19-20,22,26-27H,14-18,21H2,1-4H3/t26-/m1/s1. The molecule has 0 unspecified atom stereocenters. The molecular formula is C31H38FN3O3S. The van der Waals surface area contributed by atoms with Gasteiger partial charge in [-0.2, -0.15) is 4.31 Å². The smallest absolute Gasteiger partial charge is 0.245 e. The Labute approximate surface area is 232 Å². The van der Waals surface area contributed by atoms with Crippen LogP contribution >= 0.6 is 0 Å². The normalized spacial score (nSPS) is 20.6. The quantitative estimate of drug-likeness (QED) is 0.368. The van der Waals surface area contributed by atoms with E-state index in [0.717, 1.165) is 38.0 Å². The number of piperidine rings is 1. The molecule has 39 heavy (non-hydrogen) atoms. The number of ether oxygens (including phenoxy) is 1. The third-order valence-corrected chi connectivity index (χ3v) is 9.78. The predicted molar refractivity (Wildman–Crippen MR) is 155 cm³/mol. The Bertz CT molecular complexity index is 1390. The summed E-state index contributed by atoms with van der Waals surface area (Å²) in [6.45, 7) is 6.63. The lowest BCUT2D eigenvalue weighted by atomic mass is 10.0. The maximum atomic E-state index is 14.2. The van der Waals surface area contributed by atoms with Gasteiger partial charge in [-0.1, -0.05) is 44.2 Å². The predicted octanol–water partition coefficient (Wildman–Crippen LogP) is 6.15. The van der Waals surface area contributed by atoms with Crippen molar-refractivity contribution in [3.63, 3.8) is 0 Å². The van der Waals surface area contributed by atoms with Crippen LogP contribution in [0.25, 0.3) is 11.1 Å². The molecule has 0 bridgehead atoms. The molecule has 2 aliphatic rings. The molecule has 0 aromatic heterocycles. The molecule has 8 heteroatoms. The molecular weight excluding hydrogens is 513 g/mol. The van der Waals surface area contributed by atoms with Gasteiger partial charge in [0.25, 0.3) is 0 Å². The number of rotatable bonds is 6. The van der Waals surface area contributed by atoms with Gasteiger partial charge in [0.15, 0.2) is 0 Å². The zero-order chi connectivity index (χ0) is 27.7. The van der Waals surface area contributed by atoms with Crippen LogP contribution in [0.3, 0.4) is 0 Å². The van der Waals surface area contributed by atoms with Gasteiger partial charge in [0.1, 0.15) is 22.6 Å². The Balaban J connectivity index is 1.71. The van der Waals surface area contributed by atoms with Crippen molar-refractivity contribution in [3.8, 4) is 16.9 Å². The van der Waals surface area contributed by atoms with Gasteiger partial charge in [-0.25, -0.2) is 12.8 Å². The van der Waals surface area contributed by atoms with Crippen molar-refractivity contribution < 1.29 is 17.5 Å². The third kappa shape index (κ3) is 5.83. The van der Waals surface area contributed by atoms with E-state index in [1.807, 2.05) is 36.4 Å². The summed E-state index contributed by atoms with van der Waals surface area (Å²) in [6.07, 6.45) is 2.52. The molecule has 0 N–H and O–H groups in total. The maximum Gasteiger partial charge on any atom is 0.245 e. The fourth-order valence-electron chi connectivity index (χ4n) is 5.60. The van der Waals surface area contributed by atoms with Crippen LogP contribution in [0.15, 0.2) is 71.6 Å². The Hall–Kier alpha value is -2.94. The maximum absolute atomic E-state index is 14.2. The topological polar surface area (TPSA) is 53.1 Å². The van der Waals surface area contributed by atoms with E-state index >= 15 is 0 Å². The highest BCUT2D eigenvalue weighted by Crippen LogP contribution is 2.45. The zero-order valence-corrected chi connectivity index (χ0v) is 24.0. The first kappa shape index (κ1) is 27.6. The van der Waals surface area contributed by atoms with Crippen molar-refractivity contribution in [2.24, 2.45) is 5.92 Å². The van der Waals surface area contributed by atoms with Crippen LogP contribution < -0.4 is 9.64 Å². The van der Waals surface area contributed by atoms with E-state index in [0.29, 0.717) is 35.0 Å². The third-order valence-electron chi connectivity index (χ3n) is 7.84. The number of hydrogen-bond donors (Lipinski definition) is 0. The van der Waals surface area contributed by atoms with E-state index in [4.69, 9.17) is 4.74 Å². The zero-order valence-electron chi connectivity index (χ0n) is 23.2. The minimum atomic E-state index is -3.83. The minimum absolute atomic E-state index is 0.0161. The summed E-state index contributed by atoms with van der Waals surface area (Å²) in [5, 5.41) is 0. The number of anilines is 2. The van der Waals surface area contributed by atoms with Crippen molar-refractivity contribution in [2.45, 2.75) is 50.2 Å². The van der Waals surface area contributed by atoms with Crippen LogP contribution in [0.5, 0.6) is 5.75 Å². The Morgan fingerprint density at radius 2 is 1.64 bits per heavy atom.